The minimum atomic E-state index is -0.375. The molecule has 2 N–H and O–H groups in total. The number of benzene rings is 1. The maximum absolute atomic E-state index is 11.7. The van der Waals surface area contributed by atoms with Gasteiger partial charge >= 0.3 is 6.03 Å². The molecule has 0 bridgehead atoms. The van der Waals surface area contributed by atoms with Crippen molar-refractivity contribution in [1.82, 2.24) is 10.3 Å². The summed E-state index contributed by atoms with van der Waals surface area (Å²) in [5.41, 5.74) is 2.70. The molecule has 2 aromatic rings. The minimum Gasteiger partial charge on any atom is -0.473 e. The highest BCUT2D eigenvalue weighted by Crippen LogP contribution is 2.25. The van der Waals surface area contributed by atoms with E-state index in [0.717, 1.165) is 21.8 Å². The van der Waals surface area contributed by atoms with Crippen molar-refractivity contribution < 1.29 is 9.53 Å². The zero-order valence-electron chi connectivity index (χ0n) is 12.7. The molecule has 5 nitrogen and oxygen atoms in total. The molecule has 0 aliphatic carbocycles. The Hall–Kier alpha value is -2.27. The lowest BCUT2D eigenvalue weighted by molar-refractivity contribution is 0.234. The number of carbonyl (C=O) groups is 1. The van der Waals surface area contributed by atoms with E-state index in [9.17, 15) is 4.79 Å². The molecule has 0 spiro atoms. The normalized spacial score (nSPS) is 10.2. The van der Waals surface area contributed by atoms with Crippen LogP contribution in [0.25, 0.3) is 0 Å². The molecule has 1 aromatic carbocycles. The Kier molecular flexibility index (Phi) is 5.22. The molecule has 0 saturated carbocycles. The highest BCUT2D eigenvalue weighted by molar-refractivity contribution is 6.32. The third kappa shape index (κ3) is 4.36. The Bertz CT molecular complexity index is 666. The first-order valence-electron chi connectivity index (χ1n) is 6.84. The molecule has 0 aliphatic heterocycles. The summed E-state index contributed by atoms with van der Waals surface area (Å²) in [5, 5.41) is 5.97. The van der Waals surface area contributed by atoms with E-state index in [1.54, 1.807) is 6.07 Å². The molecule has 0 saturated heterocycles. The van der Waals surface area contributed by atoms with Crippen LogP contribution in [0.15, 0.2) is 30.3 Å². The largest absolute Gasteiger partial charge is 0.473 e. The number of halogens is 1. The first-order valence-corrected chi connectivity index (χ1v) is 7.21. The quantitative estimate of drug-likeness (QED) is 0.842. The van der Waals surface area contributed by atoms with E-state index >= 15 is 0 Å². The van der Waals surface area contributed by atoms with Crippen LogP contribution < -0.4 is 15.4 Å². The predicted octanol–water partition coefficient (Wildman–Crippen LogP) is 3.82. The molecular weight excluding hydrogens is 302 g/mol. The third-order valence-corrected chi connectivity index (χ3v) is 3.61. The summed E-state index contributed by atoms with van der Waals surface area (Å²) >= 11 is 6.09. The Morgan fingerprint density at radius 3 is 2.55 bits per heavy atom. The summed E-state index contributed by atoms with van der Waals surface area (Å²) in [5.74, 6) is 1.16. The van der Waals surface area contributed by atoms with Gasteiger partial charge in [-0.1, -0.05) is 17.7 Å². The van der Waals surface area contributed by atoms with Gasteiger partial charge in [0.2, 0.25) is 0 Å². The van der Waals surface area contributed by atoms with Gasteiger partial charge in [-0.3, -0.25) is 5.32 Å². The number of hydrogen-bond donors (Lipinski definition) is 2. The van der Waals surface area contributed by atoms with Crippen LogP contribution in [0.2, 0.25) is 5.02 Å². The maximum atomic E-state index is 11.7. The van der Waals surface area contributed by atoms with Gasteiger partial charge < -0.3 is 10.1 Å². The van der Waals surface area contributed by atoms with E-state index < -0.39 is 0 Å². The van der Waals surface area contributed by atoms with E-state index in [1.807, 2.05) is 45.0 Å². The van der Waals surface area contributed by atoms with Crippen LogP contribution in [0.5, 0.6) is 5.75 Å². The Balaban J connectivity index is 1.84. The average molecular weight is 320 g/mol. The number of nitrogens with one attached hydrogen (secondary N) is 2. The van der Waals surface area contributed by atoms with Crippen LogP contribution in [0.4, 0.5) is 10.6 Å². The molecular formula is C16H18ClN3O2. The SMILES string of the molecule is Cc1cccc(NC(=O)NCOc2cc(C)c(Cl)c(C)c2)n1. The topological polar surface area (TPSA) is 63.2 Å². The molecule has 0 atom stereocenters. The van der Waals surface area contributed by atoms with Crippen LogP contribution in [0.1, 0.15) is 16.8 Å². The fourth-order valence-corrected chi connectivity index (χ4v) is 2.06. The van der Waals surface area contributed by atoms with Crippen LogP contribution in [-0.4, -0.2) is 17.7 Å². The van der Waals surface area contributed by atoms with E-state index in [2.05, 4.69) is 15.6 Å². The number of ether oxygens (including phenoxy) is 1. The van der Waals surface area contributed by atoms with Gasteiger partial charge in [0.1, 0.15) is 11.6 Å². The van der Waals surface area contributed by atoms with Crippen LogP contribution >= 0.6 is 11.6 Å². The first-order chi connectivity index (χ1) is 10.5. The average Bonchev–Trinajstić information content (AvgIpc) is 2.44. The van der Waals surface area contributed by atoms with Crippen molar-refractivity contribution in [2.75, 3.05) is 12.0 Å². The van der Waals surface area contributed by atoms with Crippen molar-refractivity contribution in [1.29, 1.82) is 0 Å². The number of rotatable bonds is 4. The number of nitrogens with zero attached hydrogens (tertiary/aromatic N) is 1. The van der Waals surface area contributed by atoms with Crippen molar-refractivity contribution in [3.8, 4) is 5.75 Å². The predicted molar refractivity (Wildman–Crippen MR) is 87.5 cm³/mol. The highest BCUT2D eigenvalue weighted by atomic mass is 35.5. The van der Waals surface area contributed by atoms with Crippen molar-refractivity contribution in [3.05, 3.63) is 52.2 Å². The number of anilines is 1. The second kappa shape index (κ2) is 7.13. The number of aryl methyl sites for hydroxylation is 3. The lowest BCUT2D eigenvalue weighted by Crippen LogP contribution is -2.32. The molecule has 0 unspecified atom stereocenters. The van der Waals surface area contributed by atoms with E-state index in [-0.39, 0.29) is 12.8 Å². The molecule has 1 heterocycles. The standard InChI is InChI=1S/C16H18ClN3O2/c1-10-7-13(8-11(2)15(10)17)22-9-18-16(21)20-14-6-4-5-12(3)19-14/h4-8H,9H2,1-3H3,(H2,18,19,20,21). The summed E-state index contributed by atoms with van der Waals surface area (Å²) in [6.07, 6.45) is 0. The fraction of sp³-hybridized carbons (Fsp3) is 0.250. The van der Waals surface area contributed by atoms with E-state index in [4.69, 9.17) is 16.3 Å². The van der Waals surface area contributed by atoms with Crippen molar-refractivity contribution in [2.24, 2.45) is 0 Å². The lowest BCUT2D eigenvalue weighted by Gasteiger charge is -2.11. The first kappa shape index (κ1) is 16.1. The smallest absolute Gasteiger partial charge is 0.323 e. The van der Waals surface area contributed by atoms with Gasteiger partial charge in [-0.2, -0.15) is 0 Å². The van der Waals surface area contributed by atoms with Gasteiger partial charge in [-0.15, -0.1) is 0 Å². The zero-order valence-corrected chi connectivity index (χ0v) is 13.5. The van der Waals surface area contributed by atoms with Gasteiger partial charge in [0.05, 0.1) is 0 Å². The Morgan fingerprint density at radius 1 is 1.23 bits per heavy atom. The molecule has 0 aliphatic rings. The molecule has 22 heavy (non-hydrogen) atoms. The van der Waals surface area contributed by atoms with Gasteiger partial charge in [0.15, 0.2) is 6.73 Å². The molecule has 0 radical (unpaired) electrons. The van der Waals surface area contributed by atoms with Crippen LogP contribution in [-0.2, 0) is 0 Å². The minimum absolute atomic E-state index is 0.0537. The second-order valence-corrected chi connectivity index (χ2v) is 5.33. The number of hydrogen-bond acceptors (Lipinski definition) is 3. The maximum Gasteiger partial charge on any atom is 0.323 e. The monoisotopic (exact) mass is 319 g/mol. The summed E-state index contributed by atoms with van der Waals surface area (Å²) < 4.78 is 5.50. The molecule has 116 valence electrons. The van der Waals surface area contributed by atoms with Crippen molar-refractivity contribution in [3.63, 3.8) is 0 Å². The van der Waals surface area contributed by atoms with Crippen LogP contribution in [0, 0.1) is 20.8 Å². The van der Waals surface area contributed by atoms with E-state index in [0.29, 0.717) is 11.6 Å². The number of amides is 2. The summed E-state index contributed by atoms with van der Waals surface area (Å²) in [4.78, 5) is 15.9. The molecule has 1 aromatic heterocycles. The Morgan fingerprint density at radius 2 is 1.91 bits per heavy atom. The highest BCUT2D eigenvalue weighted by Gasteiger charge is 2.05. The number of urea groups is 1. The fourth-order valence-electron chi connectivity index (χ4n) is 1.95. The van der Waals surface area contributed by atoms with Gasteiger partial charge in [0.25, 0.3) is 0 Å². The number of carbonyl (C=O) groups excluding carboxylic acids is 1. The second-order valence-electron chi connectivity index (χ2n) is 4.95. The van der Waals surface area contributed by atoms with E-state index in [1.165, 1.54) is 0 Å². The summed E-state index contributed by atoms with van der Waals surface area (Å²) in [6, 6.07) is 8.69. The molecule has 2 amide bonds. The van der Waals surface area contributed by atoms with Crippen molar-refractivity contribution >= 4 is 23.4 Å². The number of aromatic nitrogens is 1. The van der Waals surface area contributed by atoms with Gasteiger partial charge in [0, 0.05) is 10.7 Å². The molecule has 0 fully saturated rings. The van der Waals surface area contributed by atoms with Crippen molar-refractivity contribution in [2.45, 2.75) is 20.8 Å². The third-order valence-electron chi connectivity index (χ3n) is 3.01. The van der Waals surface area contributed by atoms with Gasteiger partial charge in [-0.25, -0.2) is 9.78 Å². The number of pyridine rings is 1. The van der Waals surface area contributed by atoms with Gasteiger partial charge in [-0.05, 0) is 56.2 Å². The molecule has 6 heteroatoms. The lowest BCUT2D eigenvalue weighted by atomic mass is 10.1. The summed E-state index contributed by atoms with van der Waals surface area (Å²) in [7, 11) is 0. The van der Waals surface area contributed by atoms with Crippen LogP contribution in [0.3, 0.4) is 0 Å². The zero-order chi connectivity index (χ0) is 16.1. The molecule has 2 rings (SSSR count). The Labute approximate surface area is 134 Å². The summed E-state index contributed by atoms with van der Waals surface area (Å²) in [6.45, 7) is 5.73.